The topological polar surface area (TPSA) is 24.4 Å². The maximum atomic E-state index is 4.96. The average molecular weight is 258 g/mol. The van der Waals surface area contributed by atoms with Crippen molar-refractivity contribution in [2.75, 3.05) is 5.32 Å². The van der Waals surface area contributed by atoms with Gasteiger partial charge in [-0.15, -0.1) is 0 Å². The molecule has 0 aliphatic carbocycles. The van der Waals surface area contributed by atoms with E-state index in [0.29, 0.717) is 5.92 Å². The van der Waals surface area contributed by atoms with E-state index < -0.39 is 0 Å². The predicted molar refractivity (Wildman–Crippen MR) is 84.5 cm³/mol. The molecule has 0 saturated carbocycles. The summed E-state index contributed by atoms with van der Waals surface area (Å²) < 4.78 is 0. The van der Waals surface area contributed by atoms with Gasteiger partial charge in [-0.2, -0.15) is 0 Å². The van der Waals surface area contributed by atoms with Crippen molar-refractivity contribution < 1.29 is 0 Å². The molecule has 1 atom stereocenters. The molecule has 0 fully saturated rings. The molecule has 2 nitrogen and oxygen atoms in total. The highest BCUT2D eigenvalue weighted by atomic mass is 15.0. The molecule has 0 bridgehead atoms. The Morgan fingerprint density at radius 1 is 1.11 bits per heavy atom. The quantitative estimate of drug-likeness (QED) is 0.790. The molecule has 1 aromatic carbocycles. The Kier molecular flexibility index (Phi) is 4.28. The van der Waals surface area contributed by atoms with Crippen LogP contribution >= 0.6 is 0 Å². The number of hydrogen-bond acceptors (Lipinski definition) is 2. The van der Waals surface area contributed by atoms with Gasteiger partial charge >= 0.3 is 0 Å². The normalized spacial score (nSPS) is 21.1. The van der Waals surface area contributed by atoms with Gasteiger partial charge < -0.3 is 5.32 Å². The van der Waals surface area contributed by atoms with Crippen LogP contribution in [0.4, 0.5) is 11.4 Å². The molecule has 0 spiro atoms. The summed E-state index contributed by atoms with van der Waals surface area (Å²) in [5.41, 5.74) is 3.79. The zero-order valence-electron chi connectivity index (χ0n) is 12.7. The van der Waals surface area contributed by atoms with Gasteiger partial charge in [0.25, 0.3) is 0 Å². The zero-order chi connectivity index (χ0) is 13.9. The van der Waals surface area contributed by atoms with E-state index in [1.807, 2.05) is 0 Å². The smallest absolute Gasteiger partial charge is 0.0860 e. The number of benzene rings is 1. The van der Waals surface area contributed by atoms with Crippen molar-refractivity contribution in [3.05, 3.63) is 24.3 Å². The third-order valence-corrected chi connectivity index (χ3v) is 4.65. The Bertz CT molecular complexity index is 458. The standard InChI is InChI=1S/C17H26N2/c1-5-13-14(6-2)18-15-11-9-10-12-16(15)19-17(13,7-3)8-4/h9-13,19H,5-8H2,1-4H3. The molecule has 0 radical (unpaired) electrons. The number of nitrogens with one attached hydrogen (secondary N) is 1. The van der Waals surface area contributed by atoms with Crippen LogP contribution in [0.25, 0.3) is 0 Å². The number of aliphatic imine (C=N–C) groups is 1. The Labute approximate surface area is 117 Å². The van der Waals surface area contributed by atoms with E-state index in [4.69, 9.17) is 4.99 Å². The first-order chi connectivity index (χ1) is 9.20. The van der Waals surface area contributed by atoms with Gasteiger partial charge in [0.2, 0.25) is 0 Å². The van der Waals surface area contributed by atoms with E-state index >= 15 is 0 Å². The monoisotopic (exact) mass is 258 g/mol. The molecule has 1 heterocycles. The van der Waals surface area contributed by atoms with Crippen molar-refractivity contribution in [3.8, 4) is 0 Å². The van der Waals surface area contributed by atoms with Crippen molar-refractivity contribution in [1.29, 1.82) is 0 Å². The maximum Gasteiger partial charge on any atom is 0.0860 e. The first-order valence-electron chi connectivity index (χ1n) is 7.65. The van der Waals surface area contributed by atoms with E-state index in [0.717, 1.165) is 31.4 Å². The highest BCUT2D eigenvalue weighted by Gasteiger charge is 2.39. The molecule has 2 rings (SSSR count). The number of nitrogens with zero attached hydrogens (tertiary/aromatic N) is 1. The lowest BCUT2D eigenvalue weighted by molar-refractivity contribution is 0.338. The lowest BCUT2D eigenvalue weighted by Gasteiger charge is -2.40. The minimum absolute atomic E-state index is 0.149. The van der Waals surface area contributed by atoms with Gasteiger partial charge in [-0.1, -0.05) is 39.8 Å². The van der Waals surface area contributed by atoms with Crippen molar-refractivity contribution in [1.82, 2.24) is 0 Å². The summed E-state index contributed by atoms with van der Waals surface area (Å²) in [6.45, 7) is 9.10. The van der Waals surface area contributed by atoms with Crippen LogP contribution in [0.2, 0.25) is 0 Å². The van der Waals surface area contributed by atoms with Crippen LogP contribution in [-0.2, 0) is 0 Å². The summed E-state index contributed by atoms with van der Waals surface area (Å²) in [6, 6.07) is 8.44. The molecule has 0 amide bonds. The summed E-state index contributed by atoms with van der Waals surface area (Å²) in [5.74, 6) is 0.528. The number of para-hydroxylation sites is 2. The van der Waals surface area contributed by atoms with Gasteiger partial charge in [0.15, 0.2) is 0 Å². The van der Waals surface area contributed by atoms with Crippen LogP contribution < -0.4 is 5.32 Å². The fourth-order valence-corrected chi connectivity index (χ4v) is 3.46. The molecule has 104 valence electrons. The number of fused-ring (bicyclic) bond motifs is 1. The van der Waals surface area contributed by atoms with E-state index in [1.165, 1.54) is 11.4 Å². The summed E-state index contributed by atoms with van der Waals surface area (Å²) in [7, 11) is 0. The second-order valence-electron chi connectivity index (χ2n) is 5.42. The van der Waals surface area contributed by atoms with Crippen LogP contribution in [0.1, 0.15) is 53.4 Å². The Morgan fingerprint density at radius 3 is 2.37 bits per heavy atom. The number of rotatable bonds is 4. The summed E-state index contributed by atoms with van der Waals surface area (Å²) in [6.07, 6.45) is 4.45. The van der Waals surface area contributed by atoms with Gasteiger partial charge in [-0.25, -0.2) is 0 Å². The van der Waals surface area contributed by atoms with Gasteiger partial charge in [0.05, 0.1) is 11.4 Å². The molecule has 1 N–H and O–H groups in total. The molecule has 1 aromatic rings. The lowest BCUT2D eigenvalue weighted by atomic mass is 9.74. The average Bonchev–Trinajstić information content (AvgIpc) is 2.60. The fraction of sp³-hybridized carbons (Fsp3) is 0.588. The first-order valence-corrected chi connectivity index (χ1v) is 7.65. The van der Waals surface area contributed by atoms with Crippen LogP contribution in [-0.4, -0.2) is 11.3 Å². The first kappa shape index (κ1) is 14.1. The van der Waals surface area contributed by atoms with Gasteiger partial charge in [0.1, 0.15) is 0 Å². The maximum absolute atomic E-state index is 4.96. The number of hydrogen-bond donors (Lipinski definition) is 1. The van der Waals surface area contributed by atoms with Crippen molar-refractivity contribution >= 4 is 17.1 Å². The zero-order valence-corrected chi connectivity index (χ0v) is 12.7. The second kappa shape index (κ2) is 5.77. The van der Waals surface area contributed by atoms with E-state index in [9.17, 15) is 0 Å². The third-order valence-electron chi connectivity index (χ3n) is 4.65. The van der Waals surface area contributed by atoms with Gasteiger partial charge in [-0.3, -0.25) is 4.99 Å². The van der Waals surface area contributed by atoms with Crippen LogP contribution in [0.15, 0.2) is 29.3 Å². The minimum atomic E-state index is 0.149. The van der Waals surface area contributed by atoms with Crippen LogP contribution in [0, 0.1) is 5.92 Å². The van der Waals surface area contributed by atoms with Crippen molar-refractivity contribution in [3.63, 3.8) is 0 Å². The largest absolute Gasteiger partial charge is 0.377 e. The molecule has 0 aromatic heterocycles. The molecule has 19 heavy (non-hydrogen) atoms. The molecular weight excluding hydrogens is 232 g/mol. The SMILES string of the molecule is CCC1=Nc2ccccc2NC(CC)(CC)C1CC. The lowest BCUT2D eigenvalue weighted by Crippen LogP contribution is -2.47. The van der Waals surface area contributed by atoms with Crippen LogP contribution in [0.3, 0.4) is 0 Å². The predicted octanol–water partition coefficient (Wildman–Crippen LogP) is 5.18. The summed E-state index contributed by atoms with van der Waals surface area (Å²) in [5, 5.41) is 3.82. The Morgan fingerprint density at radius 2 is 1.79 bits per heavy atom. The Hall–Kier alpha value is -1.31. The van der Waals surface area contributed by atoms with Crippen LogP contribution in [0.5, 0.6) is 0 Å². The van der Waals surface area contributed by atoms with E-state index in [1.54, 1.807) is 0 Å². The van der Waals surface area contributed by atoms with Gasteiger partial charge in [-0.05, 0) is 37.8 Å². The molecular formula is C17H26N2. The minimum Gasteiger partial charge on any atom is -0.377 e. The molecule has 1 aliphatic heterocycles. The molecule has 0 saturated heterocycles. The molecule has 2 heteroatoms. The van der Waals surface area contributed by atoms with Crippen molar-refractivity contribution in [2.45, 2.75) is 58.9 Å². The highest BCUT2D eigenvalue weighted by molar-refractivity contribution is 5.93. The Balaban J connectivity index is 2.57. The third kappa shape index (κ3) is 2.41. The summed E-state index contributed by atoms with van der Waals surface area (Å²) >= 11 is 0. The molecule has 1 unspecified atom stereocenters. The second-order valence-corrected chi connectivity index (χ2v) is 5.42. The highest BCUT2D eigenvalue weighted by Crippen LogP contribution is 2.40. The van der Waals surface area contributed by atoms with Crippen molar-refractivity contribution in [2.24, 2.45) is 10.9 Å². The van der Waals surface area contributed by atoms with E-state index in [2.05, 4.69) is 57.3 Å². The van der Waals surface area contributed by atoms with E-state index in [-0.39, 0.29) is 5.54 Å². The molecule has 1 aliphatic rings. The number of anilines is 1. The summed E-state index contributed by atoms with van der Waals surface area (Å²) in [4.78, 5) is 4.96. The fourth-order valence-electron chi connectivity index (χ4n) is 3.46. The van der Waals surface area contributed by atoms with Gasteiger partial charge in [0, 0.05) is 17.2 Å².